The molecule has 6 heavy (non-hydrogen) atoms. The van der Waals surface area contributed by atoms with Crippen molar-refractivity contribution in [3.8, 4) is 0 Å². The van der Waals surface area contributed by atoms with Gasteiger partial charge < -0.3 is 25.0 Å². The van der Waals surface area contributed by atoms with Gasteiger partial charge in [0.1, 0.15) is 0 Å². The predicted octanol–water partition coefficient (Wildman–Crippen LogP) is -0.816. The number of thiocarbonyl (C=S) groups is 1. The molecule has 0 saturated carbocycles. The molecule has 0 atom stereocenters. The summed E-state index contributed by atoms with van der Waals surface area (Å²) in [6.07, 6.45) is 0. The number of hydrogen-bond acceptors (Lipinski definition) is 1. The summed E-state index contributed by atoms with van der Waals surface area (Å²) in [5.74, 6) is 0. The minimum absolute atomic E-state index is 0. The van der Waals surface area contributed by atoms with Gasteiger partial charge in [-0.3, -0.25) is 0 Å². The third-order valence-electron chi connectivity index (χ3n) is 0. The Balaban J connectivity index is -0.0000000450. The zero-order valence-corrected chi connectivity index (χ0v) is 5.35. The summed E-state index contributed by atoms with van der Waals surface area (Å²) >= 11 is 4.09. The molecule has 0 heterocycles. The van der Waals surface area contributed by atoms with Gasteiger partial charge in [0.05, 0.1) is 0 Å². The van der Waals surface area contributed by atoms with E-state index in [2.05, 4.69) is 23.7 Å². The largest absolute Gasteiger partial charge is 2.00 e. The second-order valence-corrected chi connectivity index (χ2v) is 0.874. The third-order valence-corrected chi connectivity index (χ3v) is 0. The van der Waals surface area contributed by atoms with E-state index in [4.69, 9.17) is 0 Å². The van der Waals surface area contributed by atoms with E-state index in [-0.39, 0.29) is 35.7 Å². The molecule has 0 aliphatic carbocycles. The summed E-state index contributed by atoms with van der Waals surface area (Å²) in [6, 6.07) is 0. The SMILES string of the molecule is NC(N)=S.[Cu+2].[S-2]. The number of nitrogens with two attached hydrogens (primary N) is 2. The van der Waals surface area contributed by atoms with Crippen LogP contribution in [-0.4, -0.2) is 5.11 Å². The molecule has 4 N–H and O–H groups in total. The Morgan fingerprint density at radius 1 is 1.33 bits per heavy atom. The molecule has 5 heteroatoms. The van der Waals surface area contributed by atoms with Crippen molar-refractivity contribution in [2.24, 2.45) is 11.5 Å². The first kappa shape index (κ1) is 16.0. The van der Waals surface area contributed by atoms with Crippen LogP contribution in [0, 0.1) is 0 Å². The second-order valence-electron chi connectivity index (χ2n) is 0.402. The molecule has 0 amide bonds. The van der Waals surface area contributed by atoms with E-state index in [1.807, 2.05) is 0 Å². The molecule has 0 spiro atoms. The van der Waals surface area contributed by atoms with Crippen LogP contribution < -0.4 is 11.5 Å². The minimum atomic E-state index is 0. The second kappa shape index (κ2) is 9.12. The minimum Gasteiger partial charge on any atom is -2.00 e. The van der Waals surface area contributed by atoms with E-state index in [1.165, 1.54) is 0 Å². The Labute approximate surface area is 59.6 Å². The van der Waals surface area contributed by atoms with Crippen LogP contribution in [0.3, 0.4) is 0 Å². The van der Waals surface area contributed by atoms with Gasteiger partial charge in [-0.05, 0) is 12.2 Å². The standard InChI is InChI=1S/CH4N2S.Cu.S/c2-1(3)4;;/h(H4,2,3,4);;/q;+2;-2. The van der Waals surface area contributed by atoms with Gasteiger partial charge in [0, 0.05) is 0 Å². The van der Waals surface area contributed by atoms with Gasteiger partial charge in [0.25, 0.3) is 0 Å². The van der Waals surface area contributed by atoms with Crippen LogP contribution >= 0.6 is 12.2 Å². The molecule has 1 radical (unpaired) electrons. The molecule has 0 aliphatic rings. The molecule has 0 aromatic heterocycles. The van der Waals surface area contributed by atoms with Gasteiger partial charge in [0.15, 0.2) is 5.11 Å². The fourth-order valence-electron chi connectivity index (χ4n) is 0. The van der Waals surface area contributed by atoms with E-state index >= 15 is 0 Å². The Morgan fingerprint density at radius 2 is 1.33 bits per heavy atom. The zero-order chi connectivity index (χ0) is 3.58. The third kappa shape index (κ3) is 185. The monoisotopic (exact) mass is 171 g/mol. The van der Waals surface area contributed by atoms with Gasteiger partial charge in [-0.2, -0.15) is 0 Å². The van der Waals surface area contributed by atoms with Gasteiger partial charge in [-0.1, -0.05) is 0 Å². The van der Waals surface area contributed by atoms with Crippen LogP contribution in [0.1, 0.15) is 0 Å². The maximum Gasteiger partial charge on any atom is 2.00 e. The summed E-state index contributed by atoms with van der Waals surface area (Å²) in [5, 5.41) is 0.000000000000000222. The van der Waals surface area contributed by atoms with Crippen molar-refractivity contribution in [2.75, 3.05) is 0 Å². The van der Waals surface area contributed by atoms with Gasteiger partial charge in [-0.25, -0.2) is 0 Å². The molecule has 0 rings (SSSR count). The van der Waals surface area contributed by atoms with Crippen LogP contribution in [-0.2, 0) is 30.6 Å². The fourth-order valence-corrected chi connectivity index (χ4v) is 0. The molecule has 0 aliphatic heterocycles. The van der Waals surface area contributed by atoms with E-state index in [0.717, 1.165) is 0 Å². The molecule has 0 fully saturated rings. The molecule has 0 saturated heterocycles. The first-order chi connectivity index (χ1) is 1.73. The Kier molecular flexibility index (Phi) is 24.3. The average molecular weight is 172 g/mol. The molecule has 0 aromatic carbocycles. The normalized spacial score (nSPS) is 4.00. The maximum atomic E-state index is 4.62. The van der Waals surface area contributed by atoms with Crippen LogP contribution in [0.25, 0.3) is 0 Å². The summed E-state index contributed by atoms with van der Waals surface area (Å²) in [7, 11) is 0. The van der Waals surface area contributed by atoms with Crippen molar-refractivity contribution in [3.63, 3.8) is 0 Å². The Morgan fingerprint density at radius 3 is 1.33 bits per heavy atom. The predicted molar refractivity (Wildman–Crippen MR) is 28.3 cm³/mol. The molecule has 2 nitrogen and oxygen atoms in total. The Bertz CT molecular complexity index is 34.5. The van der Waals surface area contributed by atoms with Crippen molar-refractivity contribution >= 4 is 30.8 Å². The van der Waals surface area contributed by atoms with Crippen molar-refractivity contribution < 1.29 is 17.1 Å². The average Bonchev–Trinajstić information content (AvgIpc) is 0.811. The van der Waals surface area contributed by atoms with E-state index in [0.29, 0.717) is 0 Å². The number of hydrogen-bond donors (Lipinski definition) is 2. The Hall–Kier alpha value is 0.559. The summed E-state index contributed by atoms with van der Waals surface area (Å²) in [5.41, 5.74) is 9.24. The smallest absolute Gasteiger partial charge is 2.00 e. The zero-order valence-electron chi connectivity index (χ0n) is 2.77. The summed E-state index contributed by atoms with van der Waals surface area (Å²) in [4.78, 5) is 0. The van der Waals surface area contributed by atoms with Crippen molar-refractivity contribution in [1.82, 2.24) is 0 Å². The molecule has 0 aromatic rings. The van der Waals surface area contributed by atoms with Crippen LogP contribution in [0.5, 0.6) is 0 Å². The first-order valence-electron chi connectivity index (χ1n) is 0.781. The van der Waals surface area contributed by atoms with Crippen LogP contribution in [0.15, 0.2) is 0 Å². The molecule has 0 unspecified atom stereocenters. The van der Waals surface area contributed by atoms with Gasteiger partial charge in [0.2, 0.25) is 0 Å². The van der Waals surface area contributed by atoms with Crippen molar-refractivity contribution in [2.45, 2.75) is 0 Å². The number of rotatable bonds is 0. The molecule has 41 valence electrons. The summed E-state index contributed by atoms with van der Waals surface area (Å²) < 4.78 is 0. The van der Waals surface area contributed by atoms with E-state index in [1.54, 1.807) is 0 Å². The van der Waals surface area contributed by atoms with Crippen molar-refractivity contribution in [3.05, 3.63) is 0 Å². The first-order valence-corrected chi connectivity index (χ1v) is 1.19. The summed E-state index contributed by atoms with van der Waals surface area (Å²) in [6.45, 7) is 0. The molecular weight excluding hydrogens is 168 g/mol. The maximum absolute atomic E-state index is 4.62. The topological polar surface area (TPSA) is 52.0 Å². The quantitative estimate of drug-likeness (QED) is 0.370. The fraction of sp³-hybridized carbons (Fsp3) is 0. The van der Waals surface area contributed by atoms with Crippen LogP contribution in [0.4, 0.5) is 0 Å². The van der Waals surface area contributed by atoms with Crippen molar-refractivity contribution in [1.29, 1.82) is 0 Å². The van der Waals surface area contributed by atoms with E-state index < -0.39 is 0 Å². The molecular formula is CH4CuN2S2. The van der Waals surface area contributed by atoms with Crippen LogP contribution in [0.2, 0.25) is 0 Å². The van der Waals surface area contributed by atoms with Gasteiger partial charge >= 0.3 is 17.1 Å². The van der Waals surface area contributed by atoms with Gasteiger partial charge in [-0.15, -0.1) is 0 Å². The molecule has 0 bridgehead atoms. The van der Waals surface area contributed by atoms with E-state index in [9.17, 15) is 0 Å².